The number of fused-ring (bicyclic) bond motifs is 2. The Balaban J connectivity index is 1.87. The summed E-state index contributed by atoms with van der Waals surface area (Å²) in [5.74, 6) is -1.09. The van der Waals surface area contributed by atoms with Crippen molar-refractivity contribution >= 4 is 28.8 Å². The minimum absolute atomic E-state index is 0.0507. The highest BCUT2D eigenvalue weighted by Gasteiger charge is 2.34. The van der Waals surface area contributed by atoms with Crippen LogP contribution in [0.5, 0.6) is 0 Å². The van der Waals surface area contributed by atoms with Crippen molar-refractivity contribution in [3.05, 3.63) is 94.5 Å². The lowest BCUT2D eigenvalue weighted by atomic mass is 9.82. The Morgan fingerprint density at radius 1 is 0.781 bits per heavy atom. The Bertz CT molecular complexity index is 1190. The van der Waals surface area contributed by atoms with Crippen molar-refractivity contribution < 1.29 is 24.6 Å². The molecule has 0 aliphatic heterocycles. The normalized spacial score (nSPS) is 12.2. The van der Waals surface area contributed by atoms with Crippen LogP contribution in [0, 0.1) is 0 Å². The zero-order valence-corrected chi connectivity index (χ0v) is 17.2. The number of benzene rings is 3. The number of hydrogen-bond acceptors (Lipinski definition) is 6. The highest BCUT2D eigenvalue weighted by atomic mass is 16.3. The third-order valence-corrected chi connectivity index (χ3v) is 5.37. The fourth-order valence-corrected chi connectivity index (χ4v) is 3.93. The summed E-state index contributed by atoms with van der Waals surface area (Å²) in [5.41, 5.74) is 1.89. The van der Waals surface area contributed by atoms with Crippen molar-refractivity contribution in [2.75, 3.05) is 36.5 Å². The van der Waals surface area contributed by atoms with Gasteiger partial charge in [-0.25, -0.2) is 0 Å². The molecule has 0 bridgehead atoms. The molecule has 0 aromatic heterocycles. The summed E-state index contributed by atoms with van der Waals surface area (Å²) in [5, 5.41) is 21.9. The van der Waals surface area contributed by atoms with Crippen molar-refractivity contribution in [1.29, 1.82) is 0 Å². The van der Waals surface area contributed by atoms with Gasteiger partial charge in [0.2, 0.25) is 0 Å². The van der Waals surface area contributed by atoms with Crippen LogP contribution in [0.15, 0.2) is 66.7 Å². The van der Waals surface area contributed by atoms with E-state index in [2.05, 4.69) is 5.32 Å². The topological polar surface area (TPSA) is 107 Å². The first kappa shape index (κ1) is 21.4. The van der Waals surface area contributed by atoms with Crippen LogP contribution in [0.1, 0.15) is 42.2 Å². The number of nitrogens with zero attached hydrogens (tertiary/aromatic N) is 1. The summed E-state index contributed by atoms with van der Waals surface area (Å²) in [6.07, 6.45) is 0. The fourth-order valence-electron chi connectivity index (χ4n) is 3.93. The van der Waals surface area contributed by atoms with E-state index in [4.69, 9.17) is 0 Å². The molecule has 1 amide bonds. The number of carbonyl (C=O) groups is 3. The van der Waals surface area contributed by atoms with E-state index in [-0.39, 0.29) is 65.8 Å². The zero-order valence-electron chi connectivity index (χ0n) is 17.2. The smallest absolute Gasteiger partial charge is 0.260 e. The van der Waals surface area contributed by atoms with E-state index >= 15 is 0 Å². The van der Waals surface area contributed by atoms with Crippen LogP contribution in [-0.2, 0) is 0 Å². The summed E-state index contributed by atoms with van der Waals surface area (Å²) in [7, 11) is 0. The Kier molecular flexibility index (Phi) is 6.11. The average Bonchev–Trinajstić information content (AvgIpc) is 2.84. The van der Waals surface area contributed by atoms with Crippen molar-refractivity contribution in [2.24, 2.45) is 0 Å². The number of rotatable bonds is 7. The van der Waals surface area contributed by atoms with Crippen LogP contribution >= 0.6 is 0 Å². The zero-order chi connectivity index (χ0) is 22.7. The molecule has 0 saturated carbocycles. The van der Waals surface area contributed by atoms with E-state index in [1.54, 1.807) is 48.5 Å². The molecule has 0 atom stereocenters. The molecule has 1 aliphatic rings. The lowest BCUT2D eigenvalue weighted by Gasteiger charge is -2.26. The lowest BCUT2D eigenvalue weighted by molar-refractivity contribution is 0.0973. The van der Waals surface area contributed by atoms with Gasteiger partial charge in [-0.15, -0.1) is 0 Å². The first-order valence-corrected chi connectivity index (χ1v) is 10.3. The molecule has 0 radical (unpaired) electrons. The number of para-hydroxylation sites is 1. The molecule has 0 saturated heterocycles. The molecule has 4 rings (SSSR count). The second-order valence-electron chi connectivity index (χ2n) is 7.28. The van der Waals surface area contributed by atoms with Crippen LogP contribution < -0.4 is 10.2 Å². The summed E-state index contributed by atoms with van der Waals surface area (Å²) in [6.45, 7) is -0.342. The molecule has 3 aromatic rings. The first-order chi connectivity index (χ1) is 15.6. The molecule has 0 unspecified atom stereocenters. The molecule has 7 heteroatoms. The molecule has 0 heterocycles. The first-order valence-electron chi connectivity index (χ1n) is 10.3. The molecule has 3 aromatic carbocycles. The SMILES string of the molecule is O=C1c2ccccc2C(=O)c2c1ccc(C(=O)N(CCO)c1ccccc1)c2NCCO. The van der Waals surface area contributed by atoms with Crippen LogP contribution in [-0.4, -0.2) is 54.0 Å². The third-order valence-electron chi connectivity index (χ3n) is 5.37. The number of anilines is 2. The molecule has 1 aliphatic carbocycles. The van der Waals surface area contributed by atoms with E-state index in [1.807, 2.05) is 6.07 Å². The van der Waals surface area contributed by atoms with Crippen molar-refractivity contribution in [3.8, 4) is 0 Å². The maximum Gasteiger partial charge on any atom is 0.260 e. The fraction of sp³-hybridized carbons (Fsp3) is 0.160. The Morgan fingerprint density at radius 3 is 2.09 bits per heavy atom. The molecular formula is C25H22N2O5. The van der Waals surface area contributed by atoms with Gasteiger partial charge >= 0.3 is 0 Å². The predicted molar refractivity (Wildman–Crippen MR) is 121 cm³/mol. The lowest BCUT2D eigenvalue weighted by Crippen LogP contribution is -2.35. The van der Waals surface area contributed by atoms with Gasteiger partial charge in [0.1, 0.15) is 0 Å². The monoisotopic (exact) mass is 430 g/mol. The van der Waals surface area contributed by atoms with Crippen LogP contribution in [0.4, 0.5) is 11.4 Å². The van der Waals surface area contributed by atoms with Gasteiger partial charge in [-0.3, -0.25) is 14.4 Å². The number of ketones is 2. The highest BCUT2D eigenvalue weighted by Crippen LogP contribution is 2.35. The summed E-state index contributed by atoms with van der Waals surface area (Å²) >= 11 is 0. The van der Waals surface area contributed by atoms with Gasteiger partial charge in [0.05, 0.1) is 30.0 Å². The maximum atomic E-state index is 13.6. The van der Waals surface area contributed by atoms with Gasteiger partial charge in [-0.1, -0.05) is 42.5 Å². The Morgan fingerprint density at radius 2 is 1.44 bits per heavy atom. The van der Waals surface area contributed by atoms with Gasteiger partial charge in [0, 0.05) is 35.5 Å². The summed E-state index contributed by atoms with van der Waals surface area (Å²) in [4.78, 5) is 41.4. The van der Waals surface area contributed by atoms with Crippen LogP contribution in [0.2, 0.25) is 0 Å². The maximum absolute atomic E-state index is 13.6. The van der Waals surface area contributed by atoms with E-state index in [0.29, 0.717) is 11.3 Å². The van der Waals surface area contributed by atoms with E-state index in [0.717, 1.165) is 0 Å². The van der Waals surface area contributed by atoms with E-state index in [9.17, 15) is 24.6 Å². The van der Waals surface area contributed by atoms with Crippen molar-refractivity contribution in [2.45, 2.75) is 0 Å². The molecule has 162 valence electrons. The number of hydrogen-bond donors (Lipinski definition) is 3. The minimum atomic E-state index is -0.437. The van der Waals surface area contributed by atoms with E-state index < -0.39 is 5.91 Å². The largest absolute Gasteiger partial charge is 0.395 e. The van der Waals surface area contributed by atoms with Gasteiger partial charge < -0.3 is 20.4 Å². The number of aliphatic hydroxyl groups excluding tert-OH is 2. The highest BCUT2D eigenvalue weighted by molar-refractivity contribution is 6.31. The molecule has 3 N–H and O–H groups in total. The molecule has 0 spiro atoms. The Hall–Kier alpha value is -3.81. The van der Waals surface area contributed by atoms with Gasteiger partial charge in [-0.2, -0.15) is 0 Å². The number of aliphatic hydroxyl groups is 2. The summed E-state index contributed by atoms with van der Waals surface area (Å²) in [6, 6.07) is 18.5. The molecular weight excluding hydrogens is 408 g/mol. The number of nitrogens with one attached hydrogen (secondary N) is 1. The average molecular weight is 430 g/mol. The number of carbonyl (C=O) groups excluding carboxylic acids is 3. The minimum Gasteiger partial charge on any atom is -0.395 e. The summed E-state index contributed by atoms with van der Waals surface area (Å²) < 4.78 is 0. The van der Waals surface area contributed by atoms with Crippen molar-refractivity contribution in [3.63, 3.8) is 0 Å². The molecule has 0 fully saturated rings. The predicted octanol–water partition coefficient (Wildman–Crippen LogP) is 2.51. The van der Waals surface area contributed by atoms with Gasteiger partial charge in [0.15, 0.2) is 11.6 Å². The van der Waals surface area contributed by atoms with E-state index in [1.165, 1.54) is 17.0 Å². The van der Waals surface area contributed by atoms with Crippen LogP contribution in [0.3, 0.4) is 0 Å². The standard InChI is InChI=1S/C25H22N2O5/c28-14-12-26-22-20(25(32)27(13-15-29)16-6-2-1-3-7-16)11-10-19-21(22)24(31)18-9-5-4-8-17(18)23(19)30/h1-11,26,28-29H,12-15H2. The van der Waals surface area contributed by atoms with Crippen LogP contribution in [0.25, 0.3) is 0 Å². The quantitative estimate of drug-likeness (QED) is 0.416. The number of amides is 1. The Labute approximate surface area is 184 Å². The van der Waals surface area contributed by atoms with Gasteiger partial charge in [-0.05, 0) is 24.3 Å². The second-order valence-corrected chi connectivity index (χ2v) is 7.28. The third kappa shape index (κ3) is 3.68. The van der Waals surface area contributed by atoms with Gasteiger partial charge in [0.25, 0.3) is 5.91 Å². The molecule has 7 nitrogen and oxygen atoms in total. The van der Waals surface area contributed by atoms with Crippen molar-refractivity contribution in [1.82, 2.24) is 0 Å². The molecule has 32 heavy (non-hydrogen) atoms. The second kappa shape index (κ2) is 9.13.